The molecule has 2 saturated carbocycles. The van der Waals surface area contributed by atoms with Crippen molar-refractivity contribution in [3.05, 3.63) is 0 Å². The van der Waals surface area contributed by atoms with E-state index < -0.39 is 5.54 Å². The SMILES string of the molecule is CC(N)(C#N)CN(CC1CC1)CC1CC1. The van der Waals surface area contributed by atoms with Crippen molar-refractivity contribution < 1.29 is 0 Å². The number of hydrogen-bond donors (Lipinski definition) is 1. The van der Waals surface area contributed by atoms with Gasteiger partial charge in [-0.2, -0.15) is 5.26 Å². The van der Waals surface area contributed by atoms with Gasteiger partial charge >= 0.3 is 0 Å². The maximum Gasteiger partial charge on any atom is 0.114 e. The summed E-state index contributed by atoms with van der Waals surface area (Å²) in [6.45, 7) is 4.88. The topological polar surface area (TPSA) is 53.1 Å². The Bertz CT molecular complexity index is 245. The highest BCUT2D eigenvalue weighted by atomic mass is 15.2. The van der Waals surface area contributed by atoms with Crippen LogP contribution in [0.25, 0.3) is 0 Å². The second-order valence-corrected chi connectivity index (χ2v) is 5.61. The van der Waals surface area contributed by atoms with Gasteiger partial charge in [0, 0.05) is 19.6 Å². The maximum absolute atomic E-state index is 8.94. The molecule has 0 spiro atoms. The van der Waals surface area contributed by atoms with Crippen LogP contribution in [0.5, 0.6) is 0 Å². The van der Waals surface area contributed by atoms with Gasteiger partial charge in [-0.15, -0.1) is 0 Å². The molecule has 0 bridgehead atoms. The molecular weight excluding hydrogens is 186 g/mol. The predicted molar refractivity (Wildman–Crippen MR) is 60.1 cm³/mol. The lowest BCUT2D eigenvalue weighted by Gasteiger charge is -2.28. The first-order chi connectivity index (χ1) is 7.09. The highest BCUT2D eigenvalue weighted by molar-refractivity contribution is 5.03. The van der Waals surface area contributed by atoms with E-state index in [1.165, 1.54) is 25.7 Å². The van der Waals surface area contributed by atoms with Crippen molar-refractivity contribution in [2.45, 2.75) is 38.1 Å². The van der Waals surface area contributed by atoms with Crippen molar-refractivity contribution in [3.63, 3.8) is 0 Å². The number of nitrogens with zero attached hydrogens (tertiary/aromatic N) is 2. The Labute approximate surface area is 92.2 Å². The molecule has 2 fully saturated rings. The molecule has 0 radical (unpaired) electrons. The fraction of sp³-hybridized carbons (Fsp3) is 0.917. The number of hydrogen-bond acceptors (Lipinski definition) is 3. The first-order valence-electron chi connectivity index (χ1n) is 6.01. The maximum atomic E-state index is 8.94. The van der Waals surface area contributed by atoms with Crippen molar-refractivity contribution in [2.75, 3.05) is 19.6 Å². The summed E-state index contributed by atoms with van der Waals surface area (Å²) in [5, 5.41) is 8.94. The van der Waals surface area contributed by atoms with Crippen LogP contribution in [-0.2, 0) is 0 Å². The van der Waals surface area contributed by atoms with Crippen LogP contribution in [0.3, 0.4) is 0 Å². The summed E-state index contributed by atoms with van der Waals surface area (Å²) in [4.78, 5) is 2.42. The fourth-order valence-corrected chi connectivity index (χ4v) is 2.03. The Morgan fingerprint density at radius 2 is 1.73 bits per heavy atom. The van der Waals surface area contributed by atoms with Crippen molar-refractivity contribution in [2.24, 2.45) is 17.6 Å². The van der Waals surface area contributed by atoms with Crippen molar-refractivity contribution >= 4 is 0 Å². The lowest BCUT2D eigenvalue weighted by atomic mass is 10.1. The highest BCUT2D eigenvalue weighted by Crippen LogP contribution is 2.33. The van der Waals surface area contributed by atoms with Crippen LogP contribution < -0.4 is 5.73 Å². The summed E-state index contributed by atoms with van der Waals surface area (Å²) >= 11 is 0. The van der Waals surface area contributed by atoms with E-state index in [9.17, 15) is 0 Å². The van der Waals surface area contributed by atoms with Gasteiger partial charge in [0.25, 0.3) is 0 Å². The molecule has 84 valence electrons. The zero-order valence-electron chi connectivity index (χ0n) is 9.58. The molecule has 0 aliphatic heterocycles. The quantitative estimate of drug-likeness (QED) is 0.715. The van der Waals surface area contributed by atoms with Crippen LogP contribution in [0, 0.1) is 23.2 Å². The normalized spacial score (nSPS) is 24.9. The van der Waals surface area contributed by atoms with Gasteiger partial charge in [0.2, 0.25) is 0 Å². The number of nitrogens with two attached hydrogens (primary N) is 1. The Morgan fingerprint density at radius 1 is 1.27 bits per heavy atom. The van der Waals surface area contributed by atoms with E-state index in [0.29, 0.717) is 0 Å². The third-order valence-corrected chi connectivity index (χ3v) is 3.23. The molecule has 0 aromatic rings. The summed E-state index contributed by atoms with van der Waals surface area (Å²) in [7, 11) is 0. The van der Waals surface area contributed by atoms with Gasteiger partial charge in [-0.3, -0.25) is 4.90 Å². The van der Waals surface area contributed by atoms with Gasteiger partial charge in [0.05, 0.1) is 6.07 Å². The van der Waals surface area contributed by atoms with Gasteiger partial charge in [0.1, 0.15) is 5.54 Å². The van der Waals surface area contributed by atoms with E-state index in [0.717, 1.165) is 31.5 Å². The molecule has 0 heterocycles. The number of rotatable bonds is 6. The molecule has 0 aromatic carbocycles. The summed E-state index contributed by atoms with van der Waals surface area (Å²) in [6, 6.07) is 2.20. The van der Waals surface area contributed by atoms with Gasteiger partial charge < -0.3 is 5.73 Å². The summed E-state index contributed by atoms with van der Waals surface area (Å²) in [5.74, 6) is 1.77. The molecule has 3 nitrogen and oxygen atoms in total. The van der Waals surface area contributed by atoms with Crippen LogP contribution in [0.2, 0.25) is 0 Å². The largest absolute Gasteiger partial charge is 0.313 e. The molecule has 0 saturated heterocycles. The van der Waals surface area contributed by atoms with Crippen molar-refractivity contribution in [1.82, 2.24) is 4.90 Å². The Hall–Kier alpha value is -0.590. The van der Waals surface area contributed by atoms with Crippen molar-refractivity contribution in [3.8, 4) is 6.07 Å². The van der Waals surface area contributed by atoms with E-state index in [1.54, 1.807) is 0 Å². The van der Waals surface area contributed by atoms with E-state index in [1.807, 2.05) is 6.92 Å². The fourth-order valence-electron chi connectivity index (χ4n) is 2.03. The van der Waals surface area contributed by atoms with Crippen LogP contribution in [0.15, 0.2) is 0 Å². The third-order valence-electron chi connectivity index (χ3n) is 3.23. The Balaban J connectivity index is 1.82. The molecule has 2 N–H and O–H groups in total. The molecule has 1 atom stereocenters. The zero-order valence-corrected chi connectivity index (χ0v) is 9.58. The molecule has 15 heavy (non-hydrogen) atoms. The standard InChI is InChI=1S/C12H21N3/c1-12(14,8-13)9-15(6-10-2-3-10)7-11-4-5-11/h10-11H,2-7,9,14H2,1H3. The lowest BCUT2D eigenvalue weighted by Crippen LogP contribution is -2.47. The molecule has 2 rings (SSSR count). The van der Waals surface area contributed by atoms with Crippen LogP contribution >= 0.6 is 0 Å². The minimum atomic E-state index is -0.677. The summed E-state index contributed by atoms with van der Waals surface area (Å²) in [5.41, 5.74) is 5.23. The monoisotopic (exact) mass is 207 g/mol. The molecule has 0 amide bonds. The number of nitriles is 1. The van der Waals surface area contributed by atoms with E-state index in [-0.39, 0.29) is 0 Å². The van der Waals surface area contributed by atoms with E-state index in [4.69, 9.17) is 11.0 Å². The Morgan fingerprint density at radius 3 is 2.07 bits per heavy atom. The first-order valence-corrected chi connectivity index (χ1v) is 6.01. The Kier molecular flexibility index (Phi) is 2.99. The summed E-state index contributed by atoms with van der Waals surface area (Å²) < 4.78 is 0. The van der Waals surface area contributed by atoms with Crippen LogP contribution in [-0.4, -0.2) is 30.1 Å². The smallest absolute Gasteiger partial charge is 0.114 e. The molecule has 2 aliphatic carbocycles. The van der Waals surface area contributed by atoms with Crippen molar-refractivity contribution in [1.29, 1.82) is 5.26 Å². The minimum absolute atomic E-state index is 0.677. The molecule has 2 aliphatic rings. The average Bonchev–Trinajstić information content (AvgIpc) is 2.99. The van der Waals surface area contributed by atoms with Crippen LogP contribution in [0.1, 0.15) is 32.6 Å². The second kappa shape index (κ2) is 4.11. The predicted octanol–water partition coefficient (Wildman–Crippen LogP) is 1.35. The second-order valence-electron chi connectivity index (χ2n) is 5.61. The average molecular weight is 207 g/mol. The minimum Gasteiger partial charge on any atom is -0.313 e. The van der Waals surface area contributed by atoms with Gasteiger partial charge in [-0.1, -0.05) is 0 Å². The highest BCUT2D eigenvalue weighted by Gasteiger charge is 2.32. The molecule has 1 unspecified atom stereocenters. The third kappa shape index (κ3) is 3.81. The summed E-state index contributed by atoms with van der Waals surface area (Å²) in [6.07, 6.45) is 5.48. The molecule has 0 aromatic heterocycles. The van der Waals surface area contributed by atoms with Crippen LogP contribution in [0.4, 0.5) is 0 Å². The van der Waals surface area contributed by atoms with E-state index >= 15 is 0 Å². The lowest BCUT2D eigenvalue weighted by molar-refractivity contribution is 0.223. The van der Waals surface area contributed by atoms with Gasteiger partial charge in [-0.05, 0) is 44.4 Å². The van der Waals surface area contributed by atoms with Gasteiger partial charge in [0.15, 0.2) is 0 Å². The van der Waals surface area contributed by atoms with E-state index in [2.05, 4.69) is 11.0 Å². The first kappa shape index (κ1) is 10.9. The molecule has 3 heteroatoms. The molecular formula is C12H21N3. The van der Waals surface area contributed by atoms with Gasteiger partial charge in [-0.25, -0.2) is 0 Å². The zero-order chi connectivity index (χ0) is 10.9.